The van der Waals surface area contributed by atoms with Gasteiger partial charge in [0.05, 0.1) is 18.7 Å². The zero-order valence-corrected chi connectivity index (χ0v) is 18.8. The third kappa shape index (κ3) is 6.55. The number of aryl methyl sites for hydroxylation is 1. The van der Waals surface area contributed by atoms with Gasteiger partial charge in [0, 0.05) is 18.5 Å². The molecule has 3 rings (SSSR count). The first-order chi connectivity index (χ1) is 15.1. The summed E-state index contributed by atoms with van der Waals surface area (Å²) in [6, 6.07) is 7.13. The molecule has 172 valence electrons. The molecule has 2 aromatic rings. The van der Waals surface area contributed by atoms with Gasteiger partial charge in [-0.2, -0.15) is 4.98 Å². The van der Waals surface area contributed by atoms with Gasteiger partial charge in [0.25, 0.3) is 5.91 Å². The highest BCUT2D eigenvalue weighted by Gasteiger charge is 2.30. The predicted molar refractivity (Wildman–Crippen MR) is 121 cm³/mol. The lowest BCUT2D eigenvalue weighted by atomic mass is 10.0. The lowest BCUT2D eigenvalue weighted by Crippen LogP contribution is -2.53. The highest BCUT2D eigenvalue weighted by atomic mass is 16.6. The van der Waals surface area contributed by atoms with Crippen LogP contribution in [-0.2, 0) is 9.47 Å². The van der Waals surface area contributed by atoms with Crippen LogP contribution in [0.4, 0.5) is 22.2 Å². The summed E-state index contributed by atoms with van der Waals surface area (Å²) in [7, 11) is 0. The summed E-state index contributed by atoms with van der Waals surface area (Å²) in [4.78, 5) is 32.8. The minimum absolute atomic E-state index is 0.173. The third-order valence-electron chi connectivity index (χ3n) is 4.74. The highest BCUT2D eigenvalue weighted by Crippen LogP contribution is 2.21. The van der Waals surface area contributed by atoms with Crippen molar-refractivity contribution in [3.05, 3.63) is 41.6 Å². The van der Waals surface area contributed by atoms with Crippen molar-refractivity contribution in [3.8, 4) is 0 Å². The van der Waals surface area contributed by atoms with Crippen LogP contribution in [0.1, 0.15) is 43.1 Å². The maximum Gasteiger partial charge on any atom is 0.408 e. The van der Waals surface area contributed by atoms with Crippen molar-refractivity contribution in [2.75, 3.05) is 23.8 Å². The molecule has 2 heterocycles. The van der Waals surface area contributed by atoms with E-state index in [1.807, 2.05) is 31.2 Å². The molecule has 10 heteroatoms. The van der Waals surface area contributed by atoms with Crippen molar-refractivity contribution in [2.24, 2.45) is 5.73 Å². The minimum atomic E-state index is -0.637. The van der Waals surface area contributed by atoms with Crippen LogP contribution < -0.4 is 21.7 Å². The first-order valence-electron chi connectivity index (χ1n) is 10.4. The van der Waals surface area contributed by atoms with E-state index >= 15 is 0 Å². The molecule has 2 amide bonds. The standard InChI is InChI=1S/C22H30N6O4/c1-13-5-7-14(8-6-13)25-19-15(18(23)29)11-24-20(28-19)26-16-9-10-31-12-17(16)27-21(30)32-22(2,3)4/h5-8,11,16-17H,9-10,12H2,1-4H3,(H2,23,29)(H,27,30)(H2,24,25,26,28)/t16?,17-/m0/s1. The van der Waals surface area contributed by atoms with Crippen LogP contribution in [0.15, 0.2) is 30.5 Å². The molecule has 1 aliphatic heterocycles. The van der Waals surface area contributed by atoms with Crippen molar-refractivity contribution in [1.29, 1.82) is 0 Å². The van der Waals surface area contributed by atoms with Crippen molar-refractivity contribution in [2.45, 2.75) is 51.8 Å². The van der Waals surface area contributed by atoms with Crippen molar-refractivity contribution in [1.82, 2.24) is 15.3 Å². The average Bonchev–Trinajstić information content (AvgIpc) is 2.70. The average molecular weight is 443 g/mol. The first-order valence-corrected chi connectivity index (χ1v) is 10.4. The van der Waals surface area contributed by atoms with Gasteiger partial charge in [-0.3, -0.25) is 4.79 Å². The number of alkyl carbamates (subject to hydrolysis) is 1. The Labute approximate surface area is 187 Å². The molecule has 1 saturated heterocycles. The quantitative estimate of drug-likeness (QED) is 0.535. The number of aromatic nitrogens is 2. The number of amides is 2. The van der Waals surface area contributed by atoms with Crippen molar-refractivity contribution < 1.29 is 19.1 Å². The van der Waals surface area contributed by atoms with Crippen LogP contribution >= 0.6 is 0 Å². The molecule has 5 N–H and O–H groups in total. The van der Waals surface area contributed by atoms with Crippen LogP contribution in [0.25, 0.3) is 0 Å². The Morgan fingerprint density at radius 2 is 1.91 bits per heavy atom. The molecule has 1 aromatic carbocycles. The molecule has 0 radical (unpaired) electrons. The van der Waals surface area contributed by atoms with Gasteiger partial charge in [0.15, 0.2) is 0 Å². The van der Waals surface area contributed by atoms with Gasteiger partial charge in [0.2, 0.25) is 5.95 Å². The van der Waals surface area contributed by atoms with Gasteiger partial charge in [-0.1, -0.05) is 17.7 Å². The normalized spacial score (nSPS) is 18.5. The molecular weight excluding hydrogens is 412 g/mol. The lowest BCUT2D eigenvalue weighted by Gasteiger charge is -2.33. The lowest BCUT2D eigenvalue weighted by molar-refractivity contribution is 0.0317. The summed E-state index contributed by atoms with van der Waals surface area (Å²) in [5, 5.41) is 9.20. The number of nitrogens with one attached hydrogen (secondary N) is 3. The molecule has 0 aliphatic carbocycles. The number of hydrogen-bond acceptors (Lipinski definition) is 8. The summed E-state index contributed by atoms with van der Waals surface area (Å²) >= 11 is 0. The first kappa shape index (κ1) is 23.3. The number of hydrogen-bond donors (Lipinski definition) is 4. The predicted octanol–water partition coefficient (Wildman–Crippen LogP) is 2.72. The molecule has 0 saturated carbocycles. The van der Waals surface area contributed by atoms with E-state index in [0.717, 1.165) is 11.3 Å². The second-order valence-corrected chi connectivity index (χ2v) is 8.68. The van der Waals surface area contributed by atoms with E-state index in [1.54, 1.807) is 20.8 Å². The Morgan fingerprint density at radius 1 is 1.19 bits per heavy atom. The maximum absolute atomic E-state index is 12.2. The number of benzene rings is 1. The molecule has 1 unspecified atom stereocenters. The number of ether oxygens (including phenoxy) is 2. The fourth-order valence-corrected chi connectivity index (χ4v) is 3.18. The zero-order chi connectivity index (χ0) is 23.3. The number of nitrogens with zero attached hydrogens (tertiary/aromatic N) is 2. The Bertz CT molecular complexity index is 958. The van der Waals surface area contributed by atoms with Crippen molar-refractivity contribution >= 4 is 29.5 Å². The topological polar surface area (TPSA) is 140 Å². The summed E-state index contributed by atoms with van der Waals surface area (Å²) in [5.74, 6) is -0.0447. The maximum atomic E-state index is 12.2. The molecule has 2 atom stereocenters. The van der Waals surface area contributed by atoms with Crippen LogP contribution in [0.3, 0.4) is 0 Å². The largest absolute Gasteiger partial charge is 0.444 e. The van der Waals surface area contributed by atoms with Crippen LogP contribution in [0, 0.1) is 6.92 Å². The Kier molecular flexibility index (Phi) is 7.14. The summed E-state index contributed by atoms with van der Waals surface area (Å²) in [6.07, 6.45) is 1.48. The molecule has 1 aromatic heterocycles. The number of anilines is 3. The summed E-state index contributed by atoms with van der Waals surface area (Å²) < 4.78 is 10.9. The van der Waals surface area contributed by atoms with E-state index in [2.05, 4.69) is 25.9 Å². The molecule has 0 bridgehead atoms. The van der Waals surface area contributed by atoms with Crippen LogP contribution in [-0.4, -0.2) is 52.9 Å². The minimum Gasteiger partial charge on any atom is -0.444 e. The van der Waals surface area contributed by atoms with Gasteiger partial charge in [-0.25, -0.2) is 9.78 Å². The number of nitrogens with two attached hydrogens (primary N) is 1. The number of primary amides is 1. The zero-order valence-electron chi connectivity index (χ0n) is 18.8. The van der Waals surface area contributed by atoms with E-state index in [4.69, 9.17) is 15.2 Å². The Hall–Kier alpha value is -3.40. The van der Waals surface area contributed by atoms with Gasteiger partial charge in [0.1, 0.15) is 17.0 Å². The van der Waals surface area contributed by atoms with Crippen LogP contribution in [0.5, 0.6) is 0 Å². The smallest absolute Gasteiger partial charge is 0.408 e. The van der Waals surface area contributed by atoms with Crippen LogP contribution in [0.2, 0.25) is 0 Å². The second-order valence-electron chi connectivity index (χ2n) is 8.68. The van der Waals surface area contributed by atoms with Gasteiger partial charge in [-0.15, -0.1) is 0 Å². The fraction of sp³-hybridized carbons (Fsp3) is 0.455. The SMILES string of the molecule is Cc1ccc(Nc2nc(NC3CCOC[C@@H]3NC(=O)OC(C)(C)C)ncc2C(N)=O)cc1. The second kappa shape index (κ2) is 9.82. The Morgan fingerprint density at radius 3 is 2.56 bits per heavy atom. The monoisotopic (exact) mass is 442 g/mol. The van der Waals surface area contributed by atoms with Gasteiger partial charge in [-0.05, 0) is 46.2 Å². The number of carbonyl (C=O) groups is 2. The van der Waals surface area contributed by atoms with E-state index < -0.39 is 17.6 Å². The fourth-order valence-electron chi connectivity index (χ4n) is 3.18. The van der Waals surface area contributed by atoms with Gasteiger partial charge < -0.3 is 31.2 Å². The summed E-state index contributed by atoms with van der Waals surface area (Å²) in [5.41, 5.74) is 6.94. The molecular formula is C22H30N6O4. The molecule has 1 aliphatic rings. The van der Waals surface area contributed by atoms with E-state index in [9.17, 15) is 9.59 Å². The molecule has 32 heavy (non-hydrogen) atoms. The van der Waals surface area contributed by atoms with Gasteiger partial charge >= 0.3 is 6.09 Å². The van der Waals surface area contributed by atoms with E-state index in [-0.39, 0.29) is 17.6 Å². The van der Waals surface area contributed by atoms with Crippen molar-refractivity contribution in [3.63, 3.8) is 0 Å². The third-order valence-corrected chi connectivity index (χ3v) is 4.74. The molecule has 0 spiro atoms. The van der Waals surface area contributed by atoms with E-state index in [0.29, 0.717) is 31.4 Å². The Balaban J connectivity index is 1.76. The molecule has 1 fully saturated rings. The number of rotatable bonds is 6. The van der Waals surface area contributed by atoms with E-state index in [1.165, 1.54) is 6.20 Å². The molecule has 10 nitrogen and oxygen atoms in total. The highest BCUT2D eigenvalue weighted by molar-refractivity contribution is 5.98. The summed E-state index contributed by atoms with van der Waals surface area (Å²) in [6.45, 7) is 8.24. The number of carbonyl (C=O) groups excluding carboxylic acids is 2.